The minimum Gasteiger partial charge on any atom is -0.352 e. The number of benzene rings is 2. The van der Waals surface area contributed by atoms with Crippen molar-refractivity contribution in [3.63, 3.8) is 0 Å². The predicted octanol–water partition coefficient (Wildman–Crippen LogP) is 3.34. The molecular weight excluding hydrogens is 324 g/mol. The number of hydrogen-bond donors (Lipinski definition) is 1. The van der Waals surface area contributed by atoms with Gasteiger partial charge in [0.15, 0.2) is 0 Å². The topological polar surface area (TPSA) is 49.4 Å². The highest BCUT2D eigenvalue weighted by Gasteiger charge is 2.38. The Hall–Kier alpha value is -2.62. The molecule has 0 spiro atoms. The second-order valence-corrected chi connectivity index (χ2v) is 7.34. The zero-order chi connectivity index (χ0) is 17.9. The Morgan fingerprint density at radius 1 is 1.12 bits per heavy atom. The van der Waals surface area contributed by atoms with E-state index in [0.717, 1.165) is 24.9 Å². The summed E-state index contributed by atoms with van der Waals surface area (Å²) in [4.78, 5) is 26.1. The first kappa shape index (κ1) is 16.8. The molecule has 1 N–H and O–H groups in total. The van der Waals surface area contributed by atoms with Crippen LogP contribution in [0.3, 0.4) is 0 Å². The fraction of sp³-hybridized carbons (Fsp3) is 0.364. The van der Waals surface area contributed by atoms with Gasteiger partial charge in [-0.25, -0.2) is 0 Å². The zero-order valence-corrected chi connectivity index (χ0v) is 14.9. The quantitative estimate of drug-likeness (QED) is 0.870. The van der Waals surface area contributed by atoms with Gasteiger partial charge in [-0.3, -0.25) is 9.59 Å². The monoisotopic (exact) mass is 348 g/mol. The fourth-order valence-corrected chi connectivity index (χ4v) is 3.81. The maximum Gasteiger partial charge on any atom is 0.251 e. The van der Waals surface area contributed by atoms with Gasteiger partial charge in [0.2, 0.25) is 5.91 Å². The van der Waals surface area contributed by atoms with Crippen molar-refractivity contribution in [1.29, 1.82) is 0 Å². The van der Waals surface area contributed by atoms with Crippen molar-refractivity contribution in [3.8, 4) is 0 Å². The third kappa shape index (κ3) is 3.79. The summed E-state index contributed by atoms with van der Waals surface area (Å²) in [5.41, 5.74) is 3.05. The summed E-state index contributed by atoms with van der Waals surface area (Å²) < 4.78 is 0. The lowest BCUT2D eigenvalue weighted by molar-refractivity contribution is -0.128. The Bertz CT molecular complexity index is 803. The molecule has 1 aliphatic heterocycles. The maximum absolute atomic E-state index is 12.5. The number of likely N-dealkylation sites (tertiary alicyclic amines) is 1. The predicted molar refractivity (Wildman–Crippen MR) is 101 cm³/mol. The minimum atomic E-state index is -0.0293. The number of nitrogens with zero attached hydrogens (tertiary/aromatic N) is 1. The first-order chi connectivity index (χ1) is 12.7. The van der Waals surface area contributed by atoms with Gasteiger partial charge in [0.05, 0.1) is 0 Å². The number of carbonyl (C=O) groups is 2. The normalized spacial score (nSPS) is 21.7. The van der Waals surface area contributed by atoms with Crippen molar-refractivity contribution in [3.05, 3.63) is 71.3 Å². The van der Waals surface area contributed by atoms with Gasteiger partial charge in [-0.15, -0.1) is 0 Å². The molecule has 134 valence electrons. The van der Waals surface area contributed by atoms with Crippen LogP contribution in [0.15, 0.2) is 54.6 Å². The molecule has 4 heteroatoms. The van der Waals surface area contributed by atoms with Crippen LogP contribution in [0.2, 0.25) is 0 Å². The van der Waals surface area contributed by atoms with Crippen LogP contribution in [0.25, 0.3) is 0 Å². The van der Waals surface area contributed by atoms with Crippen LogP contribution in [0, 0.1) is 5.92 Å². The summed E-state index contributed by atoms with van der Waals surface area (Å²) >= 11 is 0. The summed E-state index contributed by atoms with van der Waals surface area (Å²) in [5, 5.41) is 3.07. The first-order valence-electron chi connectivity index (χ1n) is 9.40. The molecule has 2 aromatic carbocycles. The molecule has 2 atom stereocenters. The van der Waals surface area contributed by atoms with Gasteiger partial charge in [0, 0.05) is 31.6 Å². The summed E-state index contributed by atoms with van der Waals surface area (Å²) in [6.07, 6.45) is 2.72. The Morgan fingerprint density at radius 3 is 2.73 bits per heavy atom. The molecule has 0 aromatic heterocycles. The molecule has 0 unspecified atom stereocenters. The number of nitrogens with one attached hydrogen (secondary N) is 1. The molecule has 0 radical (unpaired) electrons. The molecule has 2 aliphatic rings. The molecular formula is C22H24N2O2. The minimum absolute atomic E-state index is 0.0293. The first-order valence-corrected chi connectivity index (χ1v) is 9.40. The van der Waals surface area contributed by atoms with Crippen LogP contribution in [-0.2, 0) is 11.3 Å². The van der Waals surface area contributed by atoms with Crippen LogP contribution in [0.4, 0.5) is 0 Å². The highest BCUT2D eigenvalue weighted by Crippen LogP contribution is 2.46. The van der Waals surface area contributed by atoms with E-state index in [1.54, 1.807) is 0 Å². The van der Waals surface area contributed by atoms with Crippen LogP contribution >= 0.6 is 0 Å². The van der Waals surface area contributed by atoms with E-state index in [0.29, 0.717) is 36.9 Å². The smallest absolute Gasteiger partial charge is 0.251 e. The number of hydrogen-bond acceptors (Lipinski definition) is 2. The average Bonchev–Trinajstić information content (AvgIpc) is 3.35. The number of rotatable bonds is 6. The van der Waals surface area contributed by atoms with Crippen molar-refractivity contribution in [2.24, 2.45) is 5.92 Å². The van der Waals surface area contributed by atoms with Gasteiger partial charge in [-0.1, -0.05) is 42.5 Å². The lowest BCUT2D eigenvalue weighted by Crippen LogP contribution is -2.27. The van der Waals surface area contributed by atoms with Gasteiger partial charge in [-0.05, 0) is 47.9 Å². The van der Waals surface area contributed by atoms with Crippen molar-refractivity contribution in [2.45, 2.75) is 31.7 Å². The molecule has 4 rings (SSSR count). The Kier molecular flexibility index (Phi) is 4.74. The van der Waals surface area contributed by atoms with E-state index in [2.05, 4.69) is 29.6 Å². The molecule has 1 aliphatic carbocycles. The largest absolute Gasteiger partial charge is 0.352 e. The Labute approximate surface area is 154 Å². The zero-order valence-electron chi connectivity index (χ0n) is 14.9. The summed E-state index contributed by atoms with van der Waals surface area (Å²) in [6.45, 7) is 2.13. The van der Waals surface area contributed by atoms with Gasteiger partial charge >= 0.3 is 0 Å². The lowest BCUT2D eigenvalue weighted by atomic mass is 10.1. The van der Waals surface area contributed by atoms with E-state index in [1.165, 1.54) is 5.56 Å². The van der Waals surface area contributed by atoms with Crippen molar-refractivity contribution in [1.82, 2.24) is 10.2 Å². The third-order valence-corrected chi connectivity index (χ3v) is 5.41. The molecule has 1 heterocycles. The molecule has 2 fully saturated rings. The van der Waals surface area contributed by atoms with E-state index >= 15 is 0 Å². The summed E-state index contributed by atoms with van der Waals surface area (Å²) in [7, 11) is 0. The van der Waals surface area contributed by atoms with E-state index < -0.39 is 0 Å². The van der Waals surface area contributed by atoms with Gasteiger partial charge in [0.1, 0.15) is 0 Å². The third-order valence-electron chi connectivity index (χ3n) is 5.41. The lowest BCUT2D eigenvalue weighted by Gasteiger charge is -2.16. The second-order valence-electron chi connectivity index (χ2n) is 7.34. The Morgan fingerprint density at radius 2 is 1.96 bits per heavy atom. The highest BCUT2D eigenvalue weighted by atomic mass is 16.2. The van der Waals surface area contributed by atoms with Crippen molar-refractivity contribution >= 4 is 11.8 Å². The average molecular weight is 348 g/mol. The van der Waals surface area contributed by atoms with E-state index in [-0.39, 0.29) is 11.8 Å². The van der Waals surface area contributed by atoms with Crippen molar-refractivity contribution in [2.75, 3.05) is 13.1 Å². The maximum atomic E-state index is 12.5. The van der Waals surface area contributed by atoms with E-state index in [1.807, 2.05) is 35.2 Å². The standard InChI is InChI=1S/C22H24N2O2/c25-21-10-5-11-24(21)15-16-6-4-9-18(12-16)22(26)23-14-19-13-20(19)17-7-2-1-3-8-17/h1-4,6-9,12,19-20H,5,10-11,13-15H2,(H,23,26)/t19-,20+/m0/s1. The van der Waals surface area contributed by atoms with Crippen molar-refractivity contribution < 1.29 is 9.59 Å². The summed E-state index contributed by atoms with van der Waals surface area (Å²) in [5.74, 6) is 1.29. The molecule has 26 heavy (non-hydrogen) atoms. The Balaban J connectivity index is 1.31. The van der Waals surface area contributed by atoms with Gasteiger partial charge in [-0.2, -0.15) is 0 Å². The molecule has 0 bridgehead atoms. The van der Waals surface area contributed by atoms with E-state index in [4.69, 9.17) is 0 Å². The molecule has 2 aromatic rings. The summed E-state index contributed by atoms with van der Waals surface area (Å²) in [6, 6.07) is 18.1. The van der Waals surface area contributed by atoms with E-state index in [9.17, 15) is 9.59 Å². The number of amides is 2. The molecule has 4 nitrogen and oxygen atoms in total. The number of carbonyl (C=O) groups excluding carboxylic acids is 2. The van der Waals surface area contributed by atoms with Crippen LogP contribution < -0.4 is 5.32 Å². The second kappa shape index (κ2) is 7.32. The van der Waals surface area contributed by atoms with Crippen LogP contribution in [-0.4, -0.2) is 29.8 Å². The fourth-order valence-electron chi connectivity index (χ4n) is 3.81. The molecule has 2 amide bonds. The van der Waals surface area contributed by atoms with Gasteiger partial charge < -0.3 is 10.2 Å². The highest BCUT2D eigenvalue weighted by molar-refractivity contribution is 5.94. The van der Waals surface area contributed by atoms with Crippen LogP contribution in [0.1, 0.15) is 46.7 Å². The molecule has 1 saturated carbocycles. The molecule has 1 saturated heterocycles. The van der Waals surface area contributed by atoms with Gasteiger partial charge in [0.25, 0.3) is 5.91 Å². The SMILES string of the molecule is O=C(NC[C@@H]1C[C@@H]1c1ccccc1)c1cccc(CN2CCCC2=O)c1. The van der Waals surface area contributed by atoms with Crippen LogP contribution in [0.5, 0.6) is 0 Å².